The molecule has 1 aromatic carbocycles. The fourth-order valence-electron chi connectivity index (χ4n) is 4.82. The van der Waals surface area contributed by atoms with Crippen LogP contribution < -0.4 is 5.32 Å². The second-order valence-electron chi connectivity index (χ2n) is 8.74. The number of hydrogen-bond donors (Lipinski definition) is 4. The quantitative estimate of drug-likeness (QED) is 0.428. The number of fused-ring (bicyclic) bond motifs is 2. The molecular weight excluding hydrogens is 402 g/mol. The van der Waals surface area contributed by atoms with Crippen LogP contribution in [0.15, 0.2) is 53.8 Å². The zero-order valence-corrected chi connectivity index (χ0v) is 18.5. The van der Waals surface area contributed by atoms with Crippen molar-refractivity contribution in [1.82, 2.24) is 20.4 Å². The first-order chi connectivity index (χ1) is 15.5. The molecule has 1 fully saturated rings. The van der Waals surface area contributed by atoms with Crippen molar-refractivity contribution in [3.05, 3.63) is 65.1 Å². The number of nitrogens with zero attached hydrogens (tertiary/aromatic N) is 2. The highest BCUT2D eigenvalue weighted by atomic mass is 16.5. The molecule has 7 heteroatoms. The number of aliphatic hydroxyl groups excluding tert-OH is 1. The summed E-state index contributed by atoms with van der Waals surface area (Å²) in [5.74, 6) is 0.439. The number of aromatic amines is 1. The second kappa shape index (κ2) is 8.41. The largest absolute Gasteiger partial charge is 0.512 e. The molecule has 32 heavy (non-hydrogen) atoms. The zero-order valence-electron chi connectivity index (χ0n) is 18.5. The first-order valence-electron chi connectivity index (χ1n) is 11.1. The maximum Gasteiger partial charge on any atom is 0.115 e. The van der Waals surface area contributed by atoms with Crippen molar-refractivity contribution >= 4 is 27.9 Å². The minimum absolute atomic E-state index is 0.147. The van der Waals surface area contributed by atoms with Gasteiger partial charge in [-0.15, -0.1) is 0 Å². The first-order valence-corrected chi connectivity index (χ1v) is 11.1. The summed E-state index contributed by atoms with van der Waals surface area (Å²) in [6.45, 7) is 7.86. The van der Waals surface area contributed by atoms with Gasteiger partial charge in [-0.1, -0.05) is 24.3 Å². The minimum atomic E-state index is 0.147. The van der Waals surface area contributed by atoms with Gasteiger partial charge in [0.1, 0.15) is 5.69 Å². The molecule has 3 heterocycles. The number of morpholine rings is 1. The molecule has 166 valence electrons. The van der Waals surface area contributed by atoms with Crippen LogP contribution in [0.5, 0.6) is 0 Å². The van der Waals surface area contributed by atoms with E-state index in [0.29, 0.717) is 17.2 Å². The van der Waals surface area contributed by atoms with Gasteiger partial charge in [-0.2, -0.15) is 5.10 Å². The molecule has 0 spiro atoms. The van der Waals surface area contributed by atoms with E-state index in [4.69, 9.17) is 10.1 Å². The van der Waals surface area contributed by atoms with E-state index in [-0.39, 0.29) is 11.8 Å². The number of H-pyrrole nitrogens is 1. The summed E-state index contributed by atoms with van der Waals surface area (Å²) in [4.78, 5) is 2.44. The Bertz CT molecular complexity index is 1180. The van der Waals surface area contributed by atoms with Crippen LogP contribution in [0.3, 0.4) is 0 Å². The fourth-order valence-corrected chi connectivity index (χ4v) is 4.82. The molecule has 5 rings (SSSR count). The smallest absolute Gasteiger partial charge is 0.115 e. The van der Waals surface area contributed by atoms with Crippen LogP contribution in [0, 0.1) is 11.3 Å². The zero-order chi connectivity index (χ0) is 22.2. The van der Waals surface area contributed by atoms with Crippen molar-refractivity contribution in [2.75, 3.05) is 32.8 Å². The van der Waals surface area contributed by atoms with Crippen LogP contribution in [0.2, 0.25) is 0 Å². The van der Waals surface area contributed by atoms with E-state index in [1.54, 1.807) is 13.8 Å². The number of aromatic nitrogens is 2. The van der Waals surface area contributed by atoms with Crippen molar-refractivity contribution in [3.8, 4) is 0 Å². The third kappa shape index (κ3) is 3.89. The molecule has 0 amide bonds. The number of nitrogens with one attached hydrogen (secondary N) is 3. The predicted molar refractivity (Wildman–Crippen MR) is 128 cm³/mol. The molecule has 2 atom stereocenters. The molecule has 1 aliphatic carbocycles. The molecule has 3 aliphatic rings. The lowest BCUT2D eigenvalue weighted by molar-refractivity contribution is 0.0425. The summed E-state index contributed by atoms with van der Waals surface area (Å²) in [5.41, 5.74) is 5.85. The highest BCUT2D eigenvalue weighted by molar-refractivity contribution is 6.22. The summed E-state index contributed by atoms with van der Waals surface area (Å²) in [6, 6.07) is 6.10. The summed E-state index contributed by atoms with van der Waals surface area (Å²) in [7, 11) is 0. The molecular formula is C25H29N5O2. The van der Waals surface area contributed by atoms with Crippen molar-refractivity contribution in [3.63, 3.8) is 0 Å². The van der Waals surface area contributed by atoms with Gasteiger partial charge >= 0.3 is 0 Å². The lowest BCUT2D eigenvalue weighted by Gasteiger charge is -2.28. The topological polar surface area (TPSA) is 97.3 Å². The second-order valence-corrected chi connectivity index (χ2v) is 8.74. The maximum absolute atomic E-state index is 10.1. The van der Waals surface area contributed by atoms with E-state index >= 15 is 0 Å². The molecule has 0 radical (unpaired) electrons. The Hall–Kier alpha value is -3.16. The van der Waals surface area contributed by atoms with Crippen molar-refractivity contribution < 1.29 is 9.84 Å². The highest BCUT2D eigenvalue weighted by Crippen LogP contribution is 2.33. The van der Waals surface area contributed by atoms with Crippen molar-refractivity contribution in [2.45, 2.75) is 19.9 Å². The predicted octanol–water partition coefficient (Wildman–Crippen LogP) is 3.65. The van der Waals surface area contributed by atoms with Crippen LogP contribution in [0.25, 0.3) is 22.2 Å². The minimum Gasteiger partial charge on any atom is -0.512 e. The van der Waals surface area contributed by atoms with E-state index in [0.717, 1.165) is 60.7 Å². The van der Waals surface area contributed by atoms with Gasteiger partial charge in [-0.25, -0.2) is 0 Å². The monoisotopic (exact) mass is 431 g/mol. The van der Waals surface area contributed by atoms with Gasteiger partial charge in [0, 0.05) is 42.2 Å². The molecule has 2 unspecified atom stereocenters. The number of ether oxygens (including phenoxy) is 1. The Morgan fingerprint density at radius 3 is 2.81 bits per heavy atom. The van der Waals surface area contributed by atoms with Crippen molar-refractivity contribution in [2.24, 2.45) is 5.92 Å². The Kier molecular flexibility index (Phi) is 5.45. The lowest BCUT2D eigenvalue weighted by Crippen LogP contribution is -2.38. The third-order valence-corrected chi connectivity index (χ3v) is 6.37. The molecule has 1 aromatic heterocycles. The van der Waals surface area contributed by atoms with Crippen molar-refractivity contribution in [1.29, 1.82) is 5.41 Å². The Balaban J connectivity index is 1.43. The molecule has 0 saturated carbocycles. The average Bonchev–Trinajstić information content (AvgIpc) is 3.37. The molecule has 2 aromatic rings. The van der Waals surface area contributed by atoms with E-state index in [1.165, 1.54) is 5.57 Å². The Morgan fingerprint density at radius 1 is 1.25 bits per heavy atom. The summed E-state index contributed by atoms with van der Waals surface area (Å²) in [5, 5.41) is 30.4. The Morgan fingerprint density at radius 2 is 2.06 bits per heavy atom. The highest BCUT2D eigenvalue weighted by Gasteiger charge is 2.29. The van der Waals surface area contributed by atoms with Gasteiger partial charge in [-0.05, 0) is 43.2 Å². The van der Waals surface area contributed by atoms with Gasteiger partial charge in [0.2, 0.25) is 0 Å². The van der Waals surface area contributed by atoms with Gasteiger partial charge in [0.05, 0.1) is 36.2 Å². The number of benzene rings is 1. The molecule has 7 nitrogen and oxygen atoms in total. The maximum atomic E-state index is 10.1. The van der Waals surface area contributed by atoms with Gasteiger partial charge in [-0.3, -0.25) is 10.00 Å². The van der Waals surface area contributed by atoms with E-state index in [2.05, 4.69) is 44.7 Å². The van der Waals surface area contributed by atoms with E-state index < -0.39 is 0 Å². The van der Waals surface area contributed by atoms with Gasteiger partial charge < -0.3 is 20.6 Å². The molecule has 2 aliphatic heterocycles. The van der Waals surface area contributed by atoms with Crippen LogP contribution in [0.4, 0.5) is 0 Å². The lowest BCUT2D eigenvalue weighted by atomic mass is 9.93. The number of hydrogen-bond acceptors (Lipinski definition) is 6. The van der Waals surface area contributed by atoms with E-state index in [9.17, 15) is 5.11 Å². The number of allylic oxidation sites excluding steroid dienone is 2. The molecule has 4 N–H and O–H groups in total. The standard InChI is InChI=1S/C25H29N5O2/c1-15(26)24(16(2)31)18-4-6-22-20(12-18)25(29-28-22)23-13-19-11-17(3-5-21(19)27-23)14-30-7-9-32-10-8-30/h3-6,11-13,19,21,26-27,31H,7-10,14H2,1-2H3,(H,28,29)/b24-16+,26-15?. The summed E-state index contributed by atoms with van der Waals surface area (Å²) >= 11 is 0. The third-order valence-electron chi connectivity index (χ3n) is 6.37. The van der Waals surface area contributed by atoms with Crippen LogP contribution in [-0.2, 0) is 4.74 Å². The van der Waals surface area contributed by atoms with Crippen LogP contribution >= 0.6 is 0 Å². The van der Waals surface area contributed by atoms with Gasteiger partial charge in [0.15, 0.2) is 0 Å². The van der Waals surface area contributed by atoms with Gasteiger partial charge in [0.25, 0.3) is 0 Å². The first kappa shape index (κ1) is 20.7. The molecule has 0 bridgehead atoms. The number of aliphatic hydroxyl groups is 1. The molecule has 1 saturated heterocycles. The van der Waals surface area contributed by atoms with E-state index in [1.807, 2.05) is 18.2 Å². The average molecular weight is 432 g/mol. The normalized spacial score (nSPS) is 23.9. The summed E-state index contributed by atoms with van der Waals surface area (Å²) < 4.78 is 5.46. The Labute approximate surface area is 187 Å². The van der Waals surface area contributed by atoms with Crippen LogP contribution in [0.1, 0.15) is 25.1 Å². The SMILES string of the molecule is CC(=N)/C(=C(/C)O)c1ccc2[nH]nc(C3=CC4C=C(CN5CCOCC5)C=CC4N3)c2c1. The van der Waals surface area contributed by atoms with Crippen LogP contribution in [-0.4, -0.2) is 64.8 Å². The fraction of sp³-hybridized carbons (Fsp3) is 0.360. The summed E-state index contributed by atoms with van der Waals surface area (Å²) in [6.07, 6.45) is 9.09. The number of rotatable bonds is 5.